The molecule has 0 radical (unpaired) electrons. The van der Waals surface area contributed by atoms with Crippen LogP contribution in [-0.4, -0.2) is 42.6 Å². The topological polar surface area (TPSA) is 57.2 Å². The summed E-state index contributed by atoms with van der Waals surface area (Å²) in [6.07, 6.45) is 1.05. The third-order valence-electron chi connectivity index (χ3n) is 3.77. The van der Waals surface area contributed by atoms with Gasteiger partial charge in [-0.2, -0.15) is 15.0 Å². The summed E-state index contributed by atoms with van der Waals surface area (Å²) in [7, 11) is 5.71. The molecule has 0 aliphatic carbocycles. The summed E-state index contributed by atoms with van der Waals surface area (Å²) < 4.78 is 0. The molecule has 2 aromatic rings. The molecule has 1 atom stereocenters. The molecular weight excluding hydrogens is 284 g/mol. The van der Waals surface area contributed by atoms with E-state index < -0.39 is 0 Å². The zero-order valence-electron chi connectivity index (χ0n) is 12.8. The lowest BCUT2D eigenvalue weighted by Gasteiger charge is -2.34. The second-order valence-electron chi connectivity index (χ2n) is 5.32. The summed E-state index contributed by atoms with van der Waals surface area (Å²) in [6.45, 7) is 3.15. The minimum atomic E-state index is 0.294. The fourth-order valence-corrected chi connectivity index (χ4v) is 3.54. The molecule has 7 heteroatoms. The van der Waals surface area contributed by atoms with Gasteiger partial charge in [0.15, 0.2) is 0 Å². The van der Waals surface area contributed by atoms with E-state index in [4.69, 9.17) is 0 Å². The van der Waals surface area contributed by atoms with Crippen molar-refractivity contribution < 1.29 is 0 Å². The Kier molecular flexibility index (Phi) is 3.67. The summed E-state index contributed by atoms with van der Waals surface area (Å²) in [5, 5.41) is 5.19. The van der Waals surface area contributed by atoms with Gasteiger partial charge < -0.3 is 15.1 Å². The Labute approximate surface area is 128 Å². The molecule has 1 unspecified atom stereocenters. The van der Waals surface area contributed by atoms with Crippen molar-refractivity contribution in [3.63, 3.8) is 0 Å². The molecule has 0 fully saturated rings. The highest BCUT2D eigenvalue weighted by atomic mass is 32.1. The molecule has 0 aromatic carbocycles. The van der Waals surface area contributed by atoms with E-state index in [-0.39, 0.29) is 0 Å². The van der Waals surface area contributed by atoms with Crippen molar-refractivity contribution in [1.29, 1.82) is 0 Å². The lowest BCUT2D eigenvalue weighted by molar-refractivity contribution is 0.614. The maximum absolute atomic E-state index is 4.61. The number of anilines is 3. The van der Waals surface area contributed by atoms with Gasteiger partial charge in [0.25, 0.3) is 0 Å². The first-order valence-corrected chi connectivity index (χ1v) is 7.92. The Balaban J connectivity index is 1.99. The fourth-order valence-electron chi connectivity index (χ4n) is 2.58. The largest absolute Gasteiger partial charge is 0.357 e. The van der Waals surface area contributed by atoms with E-state index in [9.17, 15) is 0 Å². The second kappa shape index (κ2) is 5.48. The Bertz CT molecular complexity index is 638. The van der Waals surface area contributed by atoms with Crippen LogP contribution in [0, 0.1) is 0 Å². The molecule has 1 aliphatic rings. The highest BCUT2D eigenvalue weighted by Crippen LogP contribution is 2.35. The van der Waals surface area contributed by atoms with E-state index in [0.717, 1.165) is 18.9 Å². The smallest absolute Gasteiger partial charge is 0.232 e. The molecule has 21 heavy (non-hydrogen) atoms. The second-order valence-corrected chi connectivity index (χ2v) is 6.32. The van der Waals surface area contributed by atoms with Crippen LogP contribution in [0.25, 0.3) is 0 Å². The van der Waals surface area contributed by atoms with E-state index in [1.165, 1.54) is 10.4 Å². The van der Waals surface area contributed by atoms with Crippen molar-refractivity contribution in [2.24, 2.45) is 0 Å². The monoisotopic (exact) mass is 304 g/mol. The summed E-state index contributed by atoms with van der Waals surface area (Å²) >= 11 is 1.84. The van der Waals surface area contributed by atoms with Gasteiger partial charge in [0.1, 0.15) is 0 Å². The van der Waals surface area contributed by atoms with Crippen LogP contribution >= 0.6 is 11.3 Å². The van der Waals surface area contributed by atoms with Gasteiger partial charge in [-0.05, 0) is 30.4 Å². The number of rotatable bonds is 3. The van der Waals surface area contributed by atoms with Gasteiger partial charge in [-0.3, -0.25) is 0 Å². The Hall–Kier alpha value is -1.89. The van der Waals surface area contributed by atoms with E-state index in [1.807, 2.05) is 37.4 Å². The number of nitrogens with one attached hydrogen (secondary N) is 1. The highest BCUT2D eigenvalue weighted by Gasteiger charge is 2.27. The van der Waals surface area contributed by atoms with Gasteiger partial charge in [-0.15, -0.1) is 11.3 Å². The standard InChI is InChI=1S/C14H20N6S/c1-9-10-6-8-21-11(10)5-7-20(9)14-17-12(15-2)16-13(18-14)19(3)4/h6,8-9H,5,7H2,1-4H3,(H,15,16,17,18). The molecule has 0 amide bonds. The number of nitrogens with zero attached hydrogens (tertiary/aromatic N) is 5. The first kappa shape index (κ1) is 14.1. The van der Waals surface area contributed by atoms with E-state index in [0.29, 0.717) is 17.9 Å². The Morgan fingerprint density at radius 1 is 1.33 bits per heavy atom. The van der Waals surface area contributed by atoms with Gasteiger partial charge >= 0.3 is 0 Å². The van der Waals surface area contributed by atoms with Crippen LogP contribution in [0.4, 0.5) is 17.8 Å². The quantitative estimate of drug-likeness (QED) is 0.938. The van der Waals surface area contributed by atoms with Gasteiger partial charge in [0.2, 0.25) is 17.8 Å². The molecule has 0 bridgehead atoms. The number of aromatic nitrogens is 3. The molecular formula is C14H20N6S. The highest BCUT2D eigenvalue weighted by molar-refractivity contribution is 7.10. The van der Waals surface area contributed by atoms with E-state index >= 15 is 0 Å². The molecule has 2 aromatic heterocycles. The first-order valence-electron chi connectivity index (χ1n) is 7.04. The van der Waals surface area contributed by atoms with Crippen molar-refractivity contribution in [2.75, 3.05) is 42.8 Å². The predicted molar refractivity (Wildman–Crippen MR) is 87.5 cm³/mol. The number of hydrogen-bond acceptors (Lipinski definition) is 7. The minimum Gasteiger partial charge on any atom is -0.357 e. The molecule has 112 valence electrons. The summed E-state index contributed by atoms with van der Waals surface area (Å²) in [5.41, 5.74) is 1.39. The molecule has 0 saturated carbocycles. The van der Waals surface area contributed by atoms with Crippen molar-refractivity contribution >= 4 is 29.2 Å². The molecule has 1 N–H and O–H groups in total. The van der Waals surface area contributed by atoms with Crippen molar-refractivity contribution in [2.45, 2.75) is 19.4 Å². The summed E-state index contributed by atoms with van der Waals surface area (Å²) in [5.74, 6) is 2.02. The molecule has 0 spiro atoms. The van der Waals surface area contributed by atoms with Gasteiger partial charge in [0.05, 0.1) is 6.04 Å². The third-order valence-corrected chi connectivity index (χ3v) is 4.77. The zero-order valence-corrected chi connectivity index (χ0v) is 13.6. The van der Waals surface area contributed by atoms with Crippen LogP contribution in [0.2, 0.25) is 0 Å². The number of fused-ring (bicyclic) bond motifs is 1. The normalized spacial score (nSPS) is 17.5. The number of thiophene rings is 1. The average molecular weight is 304 g/mol. The van der Waals surface area contributed by atoms with Crippen LogP contribution in [0.1, 0.15) is 23.4 Å². The fraction of sp³-hybridized carbons (Fsp3) is 0.500. The van der Waals surface area contributed by atoms with Crippen LogP contribution < -0.4 is 15.1 Å². The maximum Gasteiger partial charge on any atom is 0.232 e. The third kappa shape index (κ3) is 2.53. The van der Waals surface area contributed by atoms with Crippen molar-refractivity contribution in [3.05, 3.63) is 21.9 Å². The summed E-state index contributed by atoms with van der Waals surface area (Å²) in [6, 6.07) is 2.51. The Morgan fingerprint density at radius 2 is 2.14 bits per heavy atom. The van der Waals surface area contributed by atoms with Gasteiger partial charge in [-0.1, -0.05) is 0 Å². The van der Waals surface area contributed by atoms with Crippen LogP contribution in [-0.2, 0) is 6.42 Å². The lowest BCUT2D eigenvalue weighted by Crippen LogP contribution is -2.35. The first-order chi connectivity index (χ1) is 10.1. The molecule has 0 saturated heterocycles. The van der Waals surface area contributed by atoms with E-state index in [1.54, 1.807) is 0 Å². The molecule has 6 nitrogen and oxygen atoms in total. The SMILES string of the molecule is CNc1nc(N(C)C)nc(N2CCc3sccc3C2C)n1. The van der Waals surface area contributed by atoms with Crippen LogP contribution in [0.5, 0.6) is 0 Å². The minimum absolute atomic E-state index is 0.294. The van der Waals surface area contributed by atoms with Crippen LogP contribution in [0.15, 0.2) is 11.4 Å². The molecule has 3 heterocycles. The van der Waals surface area contributed by atoms with Gasteiger partial charge in [0, 0.05) is 32.6 Å². The zero-order chi connectivity index (χ0) is 15.0. The number of hydrogen-bond donors (Lipinski definition) is 1. The van der Waals surface area contributed by atoms with E-state index in [2.05, 4.69) is 43.5 Å². The lowest BCUT2D eigenvalue weighted by atomic mass is 10.0. The predicted octanol–water partition coefficient (Wildman–Crippen LogP) is 2.16. The van der Waals surface area contributed by atoms with Gasteiger partial charge in [-0.25, -0.2) is 0 Å². The van der Waals surface area contributed by atoms with Crippen molar-refractivity contribution in [1.82, 2.24) is 15.0 Å². The maximum atomic E-state index is 4.61. The van der Waals surface area contributed by atoms with Crippen molar-refractivity contribution in [3.8, 4) is 0 Å². The Morgan fingerprint density at radius 3 is 2.86 bits per heavy atom. The molecule has 3 rings (SSSR count). The average Bonchev–Trinajstić information content (AvgIpc) is 2.96. The molecule has 1 aliphatic heterocycles. The summed E-state index contributed by atoms with van der Waals surface area (Å²) in [4.78, 5) is 19.1. The van der Waals surface area contributed by atoms with Crippen LogP contribution in [0.3, 0.4) is 0 Å².